The molecule has 0 saturated heterocycles. The summed E-state index contributed by atoms with van der Waals surface area (Å²) in [5.41, 5.74) is 0.774. The smallest absolute Gasteiger partial charge is 0.341 e. The van der Waals surface area contributed by atoms with Gasteiger partial charge in [-0.1, -0.05) is 35.3 Å². The van der Waals surface area contributed by atoms with Gasteiger partial charge in [-0.05, 0) is 18.2 Å². The Kier molecular flexibility index (Phi) is 4.99. The van der Waals surface area contributed by atoms with Crippen molar-refractivity contribution in [1.82, 2.24) is 4.57 Å². The number of nitrogens with one attached hydrogen (secondary N) is 1. The molecule has 2 aromatic rings. The van der Waals surface area contributed by atoms with E-state index in [9.17, 15) is 17.2 Å². The Labute approximate surface area is 136 Å². The van der Waals surface area contributed by atoms with Crippen LogP contribution in [0.3, 0.4) is 0 Å². The fourth-order valence-corrected chi connectivity index (χ4v) is 3.22. The number of alkyl halides is 2. The molecule has 1 aromatic carbocycles. The molecule has 0 aliphatic heterocycles. The Bertz CT molecular complexity index is 791. The van der Waals surface area contributed by atoms with Crippen molar-refractivity contribution in [3.8, 4) is 0 Å². The predicted molar refractivity (Wildman–Crippen MR) is 82.4 cm³/mol. The van der Waals surface area contributed by atoms with E-state index >= 15 is 0 Å². The second-order valence-corrected chi connectivity index (χ2v) is 7.14. The summed E-state index contributed by atoms with van der Waals surface area (Å²) in [6, 6.07) is 7.10. The van der Waals surface area contributed by atoms with Gasteiger partial charge in [0.25, 0.3) is 0 Å². The van der Waals surface area contributed by atoms with E-state index in [1.165, 1.54) is 12.1 Å². The molecule has 0 fully saturated rings. The first-order chi connectivity index (χ1) is 10.2. The minimum atomic E-state index is -4.68. The number of para-hydroxylation sites is 1. The third-order valence-electron chi connectivity index (χ3n) is 3.10. The predicted octanol–water partition coefficient (Wildman–Crippen LogP) is 3.94. The highest BCUT2D eigenvalue weighted by Gasteiger charge is 2.28. The largest absolute Gasteiger partial charge is 0.378 e. The maximum absolute atomic E-state index is 12.7. The average Bonchev–Trinajstić information content (AvgIpc) is 2.72. The normalized spacial score (nSPS) is 11.9. The zero-order valence-electron chi connectivity index (χ0n) is 11.4. The zero-order chi connectivity index (χ0) is 16.5. The van der Waals surface area contributed by atoms with E-state index in [0.717, 1.165) is 6.07 Å². The minimum Gasteiger partial charge on any atom is -0.378 e. The van der Waals surface area contributed by atoms with Gasteiger partial charge in [0.05, 0.1) is 22.2 Å². The van der Waals surface area contributed by atoms with Crippen molar-refractivity contribution < 1.29 is 17.2 Å². The van der Waals surface area contributed by atoms with Crippen LogP contribution in [0.25, 0.3) is 0 Å². The monoisotopic (exact) mass is 368 g/mol. The highest BCUT2D eigenvalue weighted by Crippen LogP contribution is 2.28. The summed E-state index contributed by atoms with van der Waals surface area (Å²) in [6.45, 7) is 0.179. The lowest BCUT2D eigenvalue weighted by molar-refractivity contribution is 0.235. The first kappa shape index (κ1) is 17.1. The maximum Gasteiger partial charge on any atom is 0.341 e. The van der Waals surface area contributed by atoms with Crippen molar-refractivity contribution >= 4 is 38.7 Å². The van der Waals surface area contributed by atoms with Gasteiger partial charge in [0.1, 0.15) is 5.15 Å². The van der Waals surface area contributed by atoms with Gasteiger partial charge in [-0.15, -0.1) is 0 Å². The van der Waals surface area contributed by atoms with Gasteiger partial charge in [0, 0.05) is 12.7 Å². The molecule has 1 heterocycles. The van der Waals surface area contributed by atoms with E-state index < -0.39 is 20.5 Å². The molecule has 1 N–H and O–H groups in total. The number of nitrogens with zero attached hydrogens (tertiary/aromatic N) is 1. The molecular weight excluding hydrogens is 357 g/mol. The second-order valence-electron chi connectivity index (χ2n) is 4.49. The molecule has 0 radical (unpaired) electrons. The molecule has 0 saturated carbocycles. The van der Waals surface area contributed by atoms with Crippen LogP contribution in [-0.4, -0.2) is 18.7 Å². The van der Waals surface area contributed by atoms with Crippen molar-refractivity contribution in [3.05, 3.63) is 46.2 Å². The van der Waals surface area contributed by atoms with E-state index in [-0.39, 0.29) is 12.2 Å². The van der Waals surface area contributed by atoms with Crippen LogP contribution < -0.4 is 5.32 Å². The van der Waals surface area contributed by atoms with Crippen molar-refractivity contribution in [2.45, 2.75) is 17.2 Å². The number of hydrogen-bond donors (Lipinski definition) is 1. The molecule has 0 amide bonds. The first-order valence-corrected chi connectivity index (χ1v) is 8.40. The number of aromatic nitrogens is 1. The zero-order valence-corrected chi connectivity index (χ0v) is 13.7. The third-order valence-corrected chi connectivity index (χ3v) is 5.38. The van der Waals surface area contributed by atoms with Crippen LogP contribution in [0.1, 0.15) is 5.69 Å². The number of anilines is 1. The van der Waals surface area contributed by atoms with Gasteiger partial charge in [0.2, 0.25) is 9.84 Å². The summed E-state index contributed by atoms with van der Waals surface area (Å²) in [7, 11) is -2.99. The number of halogens is 4. The maximum atomic E-state index is 12.7. The molecule has 0 bridgehead atoms. The molecule has 0 atom stereocenters. The van der Waals surface area contributed by atoms with Crippen LogP contribution in [0, 0.1) is 0 Å². The molecule has 22 heavy (non-hydrogen) atoms. The van der Waals surface area contributed by atoms with Crippen LogP contribution in [-0.2, 0) is 23.4 Å². The first-order valence-electron chi connectivity index (χ1n) is 6.09. The lowest BCUT2D eigenvalue weighted by Gasteiger charge is -2.12. The van der Waals surface area contributed by atoms with E-state index in [4.69, 9.17) is 23.2 Å². The Balaban J connectivity index is 2.30. The van der Waals surface area contributed by atoms with E-state index in [0.29, 0.717) is 15.9 Å². The van der Waals surface area contributed by atoms with Crippen molar-refractivity contribution in [2.24, 2.45) is 7.05 Å². The van der Waals surface area contributed by atoms with Gasteiger partial charge in [-0.2, -0.15) is 8.78 Å². The van der Waals surface area contributed by atoms with Gasteiger partial charge in [0.15, 0.2) is 0 Å². The highest BCUT2D eigenvalue weighted by molar-refractivity contribution is 7.91. The van der Waals surface area contributed by atoms with Crippen LogP contribution in [0.15, 0.2) is 35.2 Å². The third kappa shape index (κ3) is 3.21. The van der Waals surface area contributed by atoms with Crippen molar-refractivity contribution in [1.29, 1.82) is 0 Å². The van der Waals surface area contributed by atoms with Gasteiger partial charge in [-0.25, -0.2) is 8.42 Å². The standard InChI is InChI=1S/C13H12Cl2F2N2O2S/c1-19-8(6-9(14)12(19)15)7-18-10-4-2-3-5-11(10)22(20,21)13(16)17/h2-6,13,18H,7H2,1H3. The lowest BCUT2D eigenvalue weighted by atomic mass is 10.3. The van der Waals surface area contributed by atoms with Gasteiger partial charge in [-0.3, -0.25) is 0 Å². The number of benzene rings is 1. The lowest BCUT2D eigenvalue weighted by Crippen LogP contribution is -2.14. The van der Waals surface area contributed by atoms with Crippen LogP contribution in [0.2, 0.25) is 10.2 Å². The van der Waals surface area contributed by atoms with Crippen LogP contribution in [0.4, 0.5) is 14.5 Å². The Hall–Kier alpha value is -1.31. The van der Waals surface area contributed by atoms with Gasteiger partial charge < -0.3 is 9.88 Å². The molecule has 4 nitrogen and oxygen atoms in total. The highest BCUT2D eigenvalue weighted by atomic mass is 35.5. The average molecular weight is 369 g/mol. The van der Waals surface area contributed by atoms with Gasteiger partial charge >= 0.3 is 5.76 Å². The molecule has 0 spiro atoms. The van der Waals surface area contributed by atoms with Crippen LogP contribution in [0.5, 0.6) is 0 Å². The summed E-state index contributed by atoms with van der Waals surface area (Å²) < 4.78 is 50.3. The number of rotatable bonds is 5. The molecule has 2 rings (SSSR count). The second kappa shape index (κ2) is 6.44. The molecule has 0 unspecified atom stereocenters. The summed E-state index contributed by atoms with van der Waals surface area (Å²) in [6.07, 6.45) is 0. The van der Waals surface area contributed by atoms with Crippen LogP contribution >= 0.6 is 23.2 Å². The molecule has 9 heteroatoms. The SMILES string of the molecule is Cn1c(CNc2ccccc2S(=O)(=O)C(F)F)cc(Cl)c1Cl. The van der Waals surface area contributed by atoms with E-state index in [1.807, 2.05) is 0 Å². The fourth-order valence-electron chi connectivity index (χ4n) is 1.90. The van der Waals surface area contributed by atoms with E-state index in [2.05, 4.69) is 5.32 Å². The quantitative estimate of drug-likeness (QED) is 0.869. The molecule has 0 aliphatic carbocycles. The van der Waals surface area contributed by atoms with Crippen molar-refractivity contribution in [2.75, 3.05) is 5.32 Å². The molecular formula is C13H12Cl2F2N2O2S. The topological polar surface area (TPSA) is 51.1 Å². The Morgan fingerprint density at radius 1 is 1.27 bits per heavy atom. The van der Waals surface area contributed by atoms with E-state index in [1.54, 1.807) is 23.7 Å². The summed E-state index contributed by atoms with van der Waals surface area (Å²) >= 11 is 11.8. The molecule has 0 aliphatic rings. The van der Waals surface area contributed by atoms with Crippen molar-refractivity contribution in [3.63, 3.8) is 0 Å². The Morgan fingerprint density at radius 2 is 1.91 bits per heavy atom. The Morgan fingerprint density at radius 3 is 2.45 bits per heavy atom. The summed E-state index contributed by atoms with van der Waals surface area (Å²) in [5, 5.41) is 3.52. The molecule has 1 aromatic heterocycles. The molecule has 120 valence electrons. The summed E-state index contributed by atoms with van der Waals surface area (Å²) in [4.78, 5) is -0.448. The fraction of sp³-hybridized carbons (Fsp3) is 0.231. The minimum absolute atomic E-state index is 0.0937. The number of hydrogen-bond acceptors (Lipinski definition) is 3. The number of sulfone groups is 1. The summed E-state index contributed by atoms with van der Waals surface area (Å²) in [5.74, 6) is -3.48.